The predicted octanol–water partition coefficient (Wildman–Crippen LogP) is 9.52. The average molecular weight is 539 g/mol. The van der Waals surface area contributed by atoms with Crippen LogP contribution in [0.4, 0.5) is 0 Å². The number of unbranched alkanes of at least 4 members (excludes halogenated alkanes) is 8. The number of esters is 1. The largest absolute Gasteiger partial charge is 0.474 e. The molecule has 0 saturated carbocycles. The monoisotopic (exact) mass is 538 g/mol. The molecule has 0 spiro atoms. The second kappa shape index (κ2) is 14.3. The molecule has 0 aromatic carbocycles. The molecule has 0 aliphatic rings. The van der Waals surface area contributed by atoms with Gasteiger partial charge in [0, 0.05) is 19.1 Å². The molecule has 0 bridgehead atoms. The molecule has 0 amide bonds. The van der Waals surface area contributed by atoms with Crippen molar-refractivity contribution in [3.63, 3.8) is 0 Å². The lowest BCUT2D eigenvalue weighted by atomic mass is 10.0. The van der Waals surface area contributed by atoms with Gasteiger partial charge in [-0.25, -0.2) is 0 Å². The Hall–Kier alpha value is -0.856. The molecule has 0 saturated heterocycles. The van der Waals surface area contributed by atoms with E-state index in [0.29, 0.717) is 5.04 Å². The molecule has 1 rings (SSSR count). The summed E-state index contributed by atoms with van der Waals surface area (Å²) in [5, 5.41) is 1.60. The summed E-state index contributed by atoms with van der Waals surface area (Å²) in [6, 6.07) is 2.16. The summed E-state index contributed by atoms with van der Waals surface area (Å²) in [5.74, 6) is -0.218. The van der Waals surface area contributed by atoms with Crippen molar-refractivity contribution in [3.05, 3.63) is 17.9 Å². The quantitative estimate of drug-likeness (QED) is 0.119. The molecule has 1 aromatic heterocycles. The van der Waals surface area contributed by atoms with Crippen LogP contribution in [0.3, 0.4) is 0 Å². The summed E-state index contributed by atoms with van der Waals surface area (Å²) in [6.07, 6.45) is 13.7. The van der Waals surface area contributed by atoms with Gasteiger partial charge in [-0.05, 0) is 48.5 Å². The van der Waals surface area contributed by atoms with Crippen molar-refractivity contribution in [2.24, 2.45) is 0 Å². The lowest BCUT2D eigenvalue weighted by Gasteiger charge is -2.36. The normalized spacial score (nSPS) is 14.2. The van der Waals surface area contributed by atoms with Crippen molar-refractivity contribution >= 4 is 27.7 Å². The molecular formula is C30H58O4Si2. The standard InChI is InChI=1S/C30H58O4Si2/c1-25(31)34-27(26-23-28(32-24-26)35(8,9)29(2,3)4)21-19-17-15-13-12-14-16-18-20-22-33-36(10,11)30(5,6)7/h23-24,27H,12-22H2,1-11H3. The van der Waals surface area contributed by atoms with Gasteiger partial charge in [0.1, 0.15) is 14.2 Å². The number of ether oxygens (including phenoxy) is 1. The highest BCUT2D eigenvalue weighted by Gasteiger charge is 2.40. The molecule has 0 fully saturated rings. The van der Waals surface area contributed by atoms with Crippen LogP contribution in [-0.4, -0.2) is 29.0 Å². The van der Waals surface area contributed by atoms with Gasteiger partial charge < -0.3 is 13.6 Å². The number of hydrogen-bond acceptors (Lipinski definition) is 4. The van der Waals surface area contributed by atoms with E-state index >= 15 is 0 Å². The zero-order valence-electron chi connectivity index (χ0n) is 25.6. The van der Waals surface area contributed by atoms with Crippen LogP contribution in [0.25, 0.3) is 0 Å². The van der Waals surface area contributed by atoms with E-state index in [0.717, 1.165) is 30.4 Å². The number of furan rings is 1. The van der Waals surface area contributed by atoms with E-state index in [9.17, 15) is 4.79 Å². The Bertz CT molecular complexity index is 769. The molecule has 1 aromatic rings. The lowest BCUT2D eigenvalue weighted by molar-refractivity contribution is -0.147. The van der Waals surface area contributed by atoms with Gasteiger partial charge in [-0.3, -0.25) is 4.79 Å². The predicted molar refractivity (Wildman–Crippen MR) is 159 cm³/mol. The summed E-state index contributed by atoms with van der Waals surface area (Å²) in [5.41, 5.74) is 1.02. The first-order valence-electron chi connectivity index (χ1n) is 14.4. The second-order valence-electron chi connectivity index (χ2n) is 13.8. The van der Waals surface area contributed by atoms with Crippen molar-refractivity contribution < 1.29 is 18.4 Å². The molecule has 0 aliphatic heterocycles. The lowest BCUT2D eigenvalue weighted by Crippen LogP contribution is -2.48. The van der Waals surface area contributed by atoms with Crippen molar-refractivity contribution in [1.29, 1.82) is 0 Å². The molecule has 0 aliphatic carbocycles. The van der Waals surface area contributed by atoms with Crippen molar-refractivity contribution in [2.75, 3.05) is 6.61 Å². The Morgan fingerprint density at radius 2 is 1.33 bits per heavy atom. The smallest absolute Gasteiger partial charge is 0.303 e. The number of rotatable bonds is 16. The molecule has 1 heterocycles. The van der Waals surface area contributed by atoms with E-state index in [4.69, 9.17) is 13.6 Å². The number of hydrogen-bond donors (Lipinski definition) is 0. The zero-order chi connectivity index (χ0) is 27.6. The molecule has 1 atom stereocenters. The summed E-state index contributed by atoms with van der Waals surface area (Å²) in [7, 11) is -3.33. The molecule has 1 unspecified atom stereocenters. The summed E-state index contributed by atoms with van der Waals surface area (Å²) in [4.78, 5) is 11.7. The van der Waals surface area contributed by atoms with Crippen LogP contribution in [0.5, 0.6) is 0 Å². The molecule has 4 nitrogen and oxygen atoms in total. The van der Waals surface area contributed by atoms with E-state index in [2.05, 4.69) is 73.8 Å². The summed E-state index contributed by atoms with van der Waals surface area (Å²) in [6.45, 7) is 25.6. The third-order valence-corrected chi connectivity index (χ3v) is 18.5. The highest BCUT2D eigenvalue weighted by molar-refractivity contribution is 6.91. The van der Waals surface area contributed by atoms with Gasteiger partial charge in [-0.1, -0.05) is 99.6 Å². The minimum absolute atomic E-state index is 0.196. The van der Waals surface area contributed by atoms with E-state index in [1.165, 1.54) is 58.3 Å². The Balaban J connectivity index is 2.28. The van der Waals surface area contributed by atoms with Crippen LogP contribution >= 0.6 is 0 Å². The maximum Gasteiger partial charge on any atom is 0.303 e. The van der Waals surface area contributed by atoms with Gasteiger partial charge in [0.15, 0.2) is 8.32 Å². The molecule has 6 heteroatoms. The van der Waals surface area contributed by atoms with Crippen molar-refractivity contribution in [3.8, 4) is 0 Å². The topological polar surface area (TPSA) is 48.7 Å². The van der Waals surface area contributed by atoms with Gasteiger partial charge in [0.2, 0.25) is 0 Å². The van der Waals surface area contributed by atoms with Gasteiger partial charge in [-0.2, -0.15) is 0 Å². The van der Waals surface area contributed by atoms with E-state index < -0.39 is 16.4 Å². The van der Waals surface area contributed by atoms with Gasteiger partial charge in [0.05, 0.1) is 11.6 Å². The van der Waals surface area contributed by atoms with E-state index in [-0.39, 0.29) is 17.1 Å². The van der Waals surface area contributed by atoms with Crippen LogP contribution in [0.15, 0.2) is 16.7 Å². The summed E-state index contributed by atoms with van der Waals surface area (Å²) >= 11 is 0. The van der Waals surface area contributed by atoms with Crippen molar-refractivity contribution in [1.82, 2.24) is 0 Å². The molecule has 0 N–H and O–H groups in total. The Morgan fingerprint density at radius 1 is 0.833 bits per heavy atom. The number of carbonyl (C=O) groups excluding carboxylic acids is 1. The maximum atomic E-state index is 11.7. The van der Waals surface area contributed by atoms with E-state index in [1.807, 2.05) is 6.26 Å². The Labute approximate surface area is 225 Å². The van der Waals surface area contributed by atoms with Crippen LogP contribution in [0.1, 0.15) is 124 Å². The average Bonchev–Trinajstić information content (AvgIpc) is 3.22. The van der Waals surface area contributed by atoms with Crippen LogP contribution in [-0.2, 0) is 14.0 Å². The first kappa shape index (κ1) is 33.2. The Morgan fingerprint density at radius 3 is 1.81 bits per heavy atom. The minimum atomic E-state index is -1.74. The second-order valence-corrected chi connectivity index (χ2v) is 23.8. The molecular weight excluding hydrogens is 480 g/mol. The Kier molecular flexibility index (Phi) is 13.2. The first-order valence-corrected chi connectivity index (χ1v) is 20.3. The SMILES string of the molecule is CC(=O)OC(CCCCCCCCCCCO[Si](C)(C)C(C)(C)C)c1coc([Si](C)(C)C(C)(C)C)c1. The maximum absolute atomic E-state index is 11.7. The third-order valence-electron chi connectivity index (χ3n) is 8.67. The molecule has 210 valence electrons. The third kappa shape index (κ3) is 10.9. The van der Waals surface area contributed by atoms with Crippen LogP contribution in [0, 0.1) is 0 Å². The van der Waals surface area contributed by atoms with Gasteiger partial charge >= 0.3 is 5.97 Å². The van der Waals surface area contributed by atoms with Crippen molar-refractivity contribution in [2.45, 2.75) is 155 Å². The first-order chi connectivity index (χ1) is 16.5. The fourth-order valence-electron chi connectivity index (χ4n) is 3.92. The van der Waals surface area contributed by atoms with Crippen LogP contribution in [0.2, 0.25) is 36.3 Å². The molecule has 36 heavy (non-hydrogen) atoms. The van der Waals surface area contributed by atoms with E-state index in [1.54, 1.807) is 0 Å². The minimum Gasteiger partial charge on any atom is -0.474 e. The van der Waals surface area contributed by atoms with Gasteiger partial charge in [-0.15, -0.1) is 0 Å². The highest BCUT2D eigenvalue weighted by Crippen LogP contribution is 2.37. The summed E-state index contributed by atoms with van der Waals surface area (Å²) < 4.78 is 18.0. The number of carbonyl (C=O) groups is 1. The van der Waals surface area contributed by atoms with Gasteiger partial charge in [0.25, 0.3) is 0 Å². The highest BCUT2D eigenvalue weighted by atomic mass is 28.4. The fraction of sp³-hybridized carbons (Fsp3) is 0.833. The fourth-order valence-corrected chi connectivity index (χ4v) is 6.63. The van der Waals surface area contributed by atoms with Crippen LogP contribution < -0.4 is 5.38 Å². The zero-order valence-corrected chi connectivity index (χ0v) is 27.6. The molecule has 0 radical (unpaired) electrons.